The Labute approximate surface area is 104 Å². The molecule has 5 heteroatoms. The summed E-state index contributed by atoms with van der Waals surface area (Å²) in [5.74, 6) is -0.385. The molecular weight excluding hydrogens is 232 g/mol. The monoisotopic (exact) mass is 246 g/mol. The van der Waals surface area contributed by atoms with Crippen LogP contribution < -0.4 is 5.32 Å². The zero-order valence-corrected chi connectivity index (χ0v) is 9.96. The van der Waals surface area contributed by atoms with Gasteiger partial charge in [-0.05, 0) is 12.5 Å². The maximum Gasteiger partial charge on any atom is 0.274 e. The molecule has 2 rings (SSSR count). The molecular formula is C13H14N2O3. The molecule has 0 bridgehead atoms. The smallest absolute Gasteiger partial charge is 0.274 e. The van der Waals surface area contributed by atoms with Gasteiger partial charge in [-0.3, -0.25) is 4.79 Å². The third-order valence-electron chi connectivity index (χ3n) is 2.79. The van der Waals surface area contributed by atoms with Crippen molar-refractivity contribution >= 4 is 5.91 Å². The van der Waals surface area contributed by atoms with Crippen LogP contribution in [-0.4, -0.2) is 22.8 Å². The fourth-order valence-electron chi connectivity index (χ4n) is 1.65. The van der Waals surface area contributed by atoms with Gasteiger partial charge in [-0.25, -0.2) is 0 Å². The first-order chi connectivity index (χ1) is 8.65. The maximum absolute atomic E-state index is 11.9. The molecule has 0 saturated heterocycles. The molecule has 0 fully saturated rings. The van der Waals surface area contributed by atoms with E-state index in [4.69, 9.17) is 0 Å². The Bertz CT molecular complexity index is 510. The number of rotatable bonds is 4. The minimum absolute atomic E-state index is 0.186. The lowest BCUT2D eigenvalue weighted by Crippen LogP contribution is -2.46. The van der Waals surface area contributed by atoms with Gasteiger partial charge in [0, 0.05) is 6.07 Å². The molecule has 1 unspecified atom stereocenters. The molecule has 5 nitrogen and oxygen atoms in total. The summed E-state index contributed by atoms with van der Waals surface area (Å²) in [5, 5.41) is 15.8. The first-order valence-corrected chi connectivity index (χ1v) is 5.55. The van der Waals surface area contributed by atoms with Crippen molar-refractivity contribution in [3.05, 3.63) is 53.9 Å². The fraction of sp³-hybridized carbons (Fsp3) is 0.231. The number of hydrogen-bond acceptors (Lipinski definition) is 4. The number of hydrogen-bond donors (Lipinski definition) is 2. The molecule has 1 aromatic heterocycles. The van der Waals surface area contributed by atoms with E-state index in [-0.39, 0.29) is 18.2 Å². The van der Waals surface area contributed by atoms with Crippen LogP contribution in [0.4, 0.5) is 0 Å². The summed E-state index contributed by atoms with van der Waals surface area (Å²) in [5.41, 5.74) is 0.159. The molecule has 0 radical (unpaired) electrons. The van der Waals surface area contributed by atoms with E-state index in [2.05, 4.69) is 15.0 Å². The molecule has 1 atom stereocenters. The van der Waals surface area contributed by atoms with Crippen molar-refractivity contribution in [1.29, 1.82) is 0 Å². The highest BCUT2D eigenvalue weighted by molar-refractivity contribution is 5.92. The fourth-order valence-corrected chi connectivity index (χ4v) is 1.65. The molecule has 1 heterocycles. The van der Waals surface area contributed by atoms with Crippen LogP contribution >= 0.6 is 0 Å². The average Bonchev–Trinajstić information content (AvgIpc) is 2.93. The van der Waals surface area contributed by atoms with Crippen molar-refractivity contribution in [3.63, 3.8) is 0 Å². The van der Waals surface area contributed by atoms with Crippen molar-refractivity contribution in [2.45, 2.75) is 12.5 Å². The normalized spacial score (nSPS) is 13.9. The third-order valence-corrected chi connectivity index (χ3v) is 2.79. The summed E-state index contributed by atoms with van der Waals surface area (Å²) in [6.45, 7) is 1.54. The van der Waals surface area contributed by atoms with Crippen LogP contribution in [0.3, 0.4) is 0 Å². The van der Waals surface area contributed by atoms with E-state index in [0.29, 0.717) is 0 Å². The minimum atomic E-state index is -0.850. The maximum atomic E-state index is 11.9. The SMILES string of the molecule is CC(CO)(NC(=O)c1ccon1)c1ccccc1. The minimum Gasteiger partial charge on any atom is -0.394 e. The van der Waals surface area contributed by atoms with E-state index in [1.807, 2.05) is 30.3 Å². The molecule has 18 heavy (non-hydrogen) atoms. The van der Waals surface area contributed by atoms with Gasteiger partial charge in [0.15, 0.2) is 5.69 Å². The third kappa shape index (κ3) is 2.41. The number of carbonyl (C=O) groups is 1. The second-order valence-electron chi connectivity index (χ2n) is 4.20. The number of benzene rings is 1. The number of aliphatic hydroxyl groups excluding tert-OH is 1. The van der Waals surface area contributed by atoms with Crippen LogP contribution in [0, 0.1) is 0 Å². The molecule has 1 aromatic carbocycles. The predicted molar refractivity (Wildman–Crippen MR) is 64.8 cm³/mol. The molecule has 0 aliphatic rings. The van der Waals surface area contributed by atoms with Crippen molar-refractivity contribution in [2.75, 3.05) is 6.61 Å². The quantitative estimate of drug-likeness (QED) is 0.853. The molecule has 2 aromatic rings. The summed E-state index contributed by atoms with van der Waals surface area (Å²) < 4.78 is 4.62. The Hall–Kier alpha value is -2.14. The highest BCUT2D eigenvalue weighted by Gasteiger charge is 2.28. The number of aromatic nitrogens is 1. The number of amides is 1. The molecule has 0 spiro atoms. The molecule has 0 saturated carbocycles. The van der Waals surface area contributed by atoms with Gasteiger partial charge in [-0.15, -0.1) is 0 Å². The van der Waals surface area contributed by atoms with Gasteiger partial charge >= 0.3 is 0 Å². The Morgan fingerprint density at radius 3 is 2.67 bits per heavy atom. The van der Waals surface area contributed by atoms with E-state index < -0.39 is 5.54 Å². The van der Waals surface area contributed by atoms with Gasteiger partial charge in [0.2, 0.25) is 0 Å². The van der Waals surface area contributed by atoms with Crippen LogP contribution in [0.25, 0.3) is 0 Å². The zero-order valence-electron chi connectivity index (χ0n) is 9.96. The van der Waals surface area contributed by atoms with Gasteiger partial charge in [0.25, 0.3) is 5.91 Å². The van der Waals surface area contributed by atoms with Crippen LogP contribution in [0.2, 0.25) is 0 Å². The van der Waals surface area contributed by atoms with Gasteiger partial charge in [-0.2, -0.15) is 0 Å². The van der Waals surface area contributed by atoms with Crippen LogP contribution in [0.15, 0.2) is 47.2 Å². The summed E-state index contributed by atoms with van der Waals surface area (Å²) in [6.07, 6.45) is 1.33. The topological polar surface area (TPSA) is 75.4 Å². The number of nitrogens with zero attached hydrogens (tertiary/aromatic N) is 1. The summed E-state index contributed by atoms with van der Waals surface area (Å²) in [7, 11) is 0. The van der Waals surface area contributed by atoms with Gasteiger partial charge in [-0.1, -0.05) is 35.5 Å². The Kier molecular flexibility index (Phi) is 3.43. The zero-order chi connectivity index (χ0) is 13.0. The number of carbonyl (C=O) groups excluding carboxylic acids is 1. The lowest BCUT2D eigenvalue weighted by atomic mass is 9.93. The van der Waals surface area contributed by atoms with Crippen LogP contribution in [-0.2, 0) is 5.54 Å². The van der Waals surface area contributed by atoms with Crippen molar-refractivity contribution in [2.24, 2.45) is 0 Å². The average molecular weight is 246 g/mol. The number of nitrogens with one attached hydrogen (secondary N) is 1. The van der Waals surface area contributed by atoms with Crippen molar-refractivity contribution in [3.8, 4) is 0 Å². The second-order valence-corrected chi connectivity index (χ2v) is 4.20. The van der Waals surface area contributed by atoms with Crippen molar-refractivity contribution in [1.82, 2.24) is 10.5 Å². The molecule has 94 valence electrons. The summed E-state index contributed by atoms with van der Waals surface area (Å²) >= 11 is 0. The van der Waals surface area contributed by atoms with Crippen LogP contribution in [0.5, 0.6) is 0 Å². The van der Waals surface area contributed by atoms with E-state index in [0.717, 1.165) is 5.56 Å². The Morgan fingerprint density at radius 1 is 1.39 bits per heavy atom. The second kappa shape index (κ2) is 5.01. The van der Waals surface area contributed by atoms with E-state index in [1.165, 1.54) is 12.3 Å². The van der Waals surface area contributed by atoms with E-state index >= 15 is 0 Å². The summed E-state index contributed by atoms with van der Waals surface area (Å²) in [4.78, 5) is 11.9. The molecule has 1 amide bonds. The van der Waals surface area contributed by atoms with Gasteiger partial charge < -0.3 is 14.9 Å². The molecule has 2 N–H and O–H groups in total. The molecule has 0 aliphatic heterocycles. The lowest BCUT2D eigenvalue weighted by Gasteiger charge is -2.28. The first kappa shape index (κ1) is 12.3. The largest absolute Gasteiger partial charge is 0.394 e. The highest BCUT2D eigenvalue weighted by Crippen LogP contribution is 2.20. The highest BCUT2D eigenvalue weighted by atomic mass is 16.5. The lowest BCUT2D eigenvalue weighted by molar-refractivity contribution is 0.0840. The number of aliphatic hydroxyl groups is 1. The summed E-state index contributed by atoms with van der Waals surface area (Å²) in [6, 6.07) is 10.7. The Balaban J connectivity index is 2.21. The van der Waals surface area contributed by atoms with E-state index in [9.17, 15) is 9.90 Å². The predicted octanol–water partition coefficient (Wildman–Crippen LogP) is 1.31. The first-order valence-electron chi connectivity index (χ1n) is 5.55. The standard InChI is InChI=1S/C13H14N2O3/c1-13(9-16,10-5-3-2-4-6-10)14-12(17)11-7-8-18-15-11/h2-8,16H,9H2,1H3,(H,14,17). The van der Waals surface area contributed by atoms with Crippen LogP contribution in [0.1, 0.15) is 23.0 Å². The van der Waals surface area contributed by atoms with Crippen molar-refractivity contribution < 1.29 is 14.4 Å². The van der Waals surface area contributed by atoms with Gasteiger partial charge in [0.05, 0.1) is 12.1 Å². The van der Waals surface area contributed by atoms with Gasteiger partial charge in [0.1, 0.15) is 6.26 Å². The molecule has 0 aliphatic carbocycles. The van der Waals surface area contributed by atoms with E-state index in [1.54, 1.807) is 6.92 Å². The Morgan fingerprint density at radius 2 is 2.11 bits per heavy atom.